The van der Waals surface area contributed by atoms with E-state index in [9.17, 15) is 13.7 Å². The van der Waals surface area contributed by atoms with Gasteiger partial charge in [0.1, 0.15) is 8.96 Å². The van der Waals surface area contributed by atoms with Crippen molar-refractivity contribution in [1.29, 1.82) is 5.26 Å². The highest BCUT2D eigenvalue weighted by molar-refractivity contribution is 8.00. The fourth-order valence-corrected chi connectivity index (χ4v) is 6.12. The second kappa shape index (κ2) is 5.85. The molecule has 1 aliphatic heterocycles. The number of sulfonamides is 1. The average Bonchev–Trinajstić information content (AvgIpc) is 2.79. The van der Waals surface area contributed by atoms with E-state index in [4.69, 9.17) is 11.6 Å². The van der Waals surface area contributed by atoms with Gasteiger partial charge in [-0.2, -0.15) is 9.57 Å². The van der Waals surface area contributed by atoms with E-state index >= 15 is 0 Å². The van der Waals surface area contributed by atoms with Gasteiger partial charge >= 0.3 is 0 Å². The normalized spacial score (nSPS) is 19.7. The molecule has 0 unspecified atom stereocenters. The Hall–Kier alpha value is -0.260. The van der Waals surface area contributed by atoms with Crippen LogP contribution in [0.2, 0.25) is 4.34 Å². The van der Waals surface area contributed by atoms with Gasteiger partial charge in [0, 0.05) is 13.1 Å². The van der Waals surface area contributed by atoms with E-state index in [1.54, 1.807) is 13.0 Å². The summed E-state index contributed by atoms with van der Waals surface area (Å²) >= 11 is 8.55. The first-order chi connectivity index (χ1) is 9.34. The summed E-state index contributed by atoms with van der Waals surface area (Å²) in [6.07, 6.45) is 3.01. The lowest BCUT2D eigenvalue weighted by Crippen LogP contribution is -2.44. The summed E-state index contributed by atoms with van der Waals surface area (Å²) in [5.41, 5.74) is 0.780. The maximum absolute atomic E-state index is 12.5. The molecule has 0 aromatic carbocycles. The van der Waals surface area contributed by atoms with E-state index in [0.717, 1.165) is 16.9 Å². The third kappa shape index (κ3) is 2.85. The minimum Gasteiger partial charge on any atom is -0.206 e. The quantitative estimate of drug-likeness (QED) is 0.840. The lowest BCUT2D eigenvalue weighted by molar-refractivity contribution is 0.328. The lowest BCUT2D eigenvalue weighted by Gasteiger charge is -2.35. The van der Waals surface area contributed by atoms with Crippen LogP contribution < -0.4 is 0 Å². The molecular formula is C12H15ClN2O2S3. The van der Waals surface area contributed by atoms with Crippen molar-refractivity contribution in [2.24, 2.45) is 0 Å². The number of nitrogens with zero attached hydrogens (tertiary/aromatic N) is 2. The standard InChI is InChI=1S/C12H15ClN2O2S3/c1-9-7-10(19-11(9)13)20(16,17)15-5-3-12(8-14,18-2)4-6-15/h7H,3-6H2,1-2H3. The van der Waals surface area contributed by atoms with Crippen molar-refractivity contribution in [1.82, 2.24) is 4.31 Å². The summed E-state index contributed by atoms with van der Waals surface area (Å²) in [4.78, 5) is 0. The molecule has 2 rings (SSSR count). The van der Waals surface area contributed by atoms with Gasteiger partial charge in [-0.05, 0) is 37.7 Å². The number of hydrogen-bond acceptors (Lipinski definition) is 5. The molecule has 0 amide bonds. The first-order valence-corrected chi connectivity index (χ1v) is 9.93. The molecule has 0 bridgehead atoms. The number of nitriles is 1. The second-order valence-electron chi connectivity index (χ2n) is 4.74. The van der Waals surface area contributed by atoms with Crippen LogP contribution in [-0.4, -0.2) is 36.8 Å². The third-order valence-electron chi connectivity index (χ3n) is 3.55. The minimum absolute atomic E-state index is 0.286. The van der Waals surface area contributed by atoms with Crippen molar-refractivity contribution in [2.45, 2.75) is 28.7 Å². The monoisotopic (exact) mass is 350 g/mol. The zero-order valence-corrected chi connectivity index (χ0v) is 14.4. The molecule has 2 heterocycles. The SMILES string of the molecule is CSC1(C#N)CCN(S(=O)(=O)c2cc(C)c(Cl)s2)CC1. The van der Waals surface area contributed by atoms with Crippen LogP contribution in [0, 0.1) is 18.3 Å². The Bertz CT molecular complexity index is 621. The summed E-state index contributed by atoms with van der Waals surface area (Å²) in [6.45, 7) is 2.55. The molecule has 1 saturated heterocycles. The molecule has 20 heavy (non-hydrogen) atoms. The molecule has 8 heteroatoms. The average molecular weight is 351 g/mol. The molecular weight excluding hydrogens is 336 g/mol. The molecule has 0 atom stereocenters. The second-order valence-corrected chi connectivity index (χ2v) is 9.75. The molecule has 0 spiro atoms. The van der Waals surface area contributed by atoms with Crippen LogP contribution >= 0.6 is 34.7 Å². The number of piperidine rings is 1. The van der Waals surface area contributed by atoms with Crippen LogP contribution in [-0.2, 0) is 10.0 Å². The molecule has 110 valence electrons. The summed E-state index contributed by atoms with van der Waals surface area (Å²) < 4.78 is 26.9. The van der Waals surface area contributed by atoms with E-state index in [1.165, 1.54) is 16.1 Å². The van der Waals surface area contributed by atoms with Crippen molar-refractivity contribution in [2.75, 3.05) is 19.3 Å². The highest BCUT2D eigenvalue weighted by Crippen LogP contribution is 2.37. The molecule has 1 aliphatic rings. The van der Waals surface area contributed by atoms with Gasteiger partial charge in [0.05, 0.1) is 10.4 Å². The van der Waals surface area contributed by atoms with E-state index in [-0.39, 0.29) is 4.21 Å². The van der Waals surface area contributed by atoms with Gasteiger partial charge in [0.2, 0.25) is 0 Å². The van der Waals surface area contributed by atoms with Crippen LogP contribution in [0.1, 0.15) is 18.4 Å². The van der Waals surface area contributed by atoms with Gasteiger partial charge < -0.3 is 0 Å². The third-order valence-corrected chi connectivity index (χ3v) is 8.74. The largest absolute Gasteiger partial charge is 0.252 e. The van der Waals surface area contributed by atoms with E-state index < -0.39 is 14.8 Å². The van der Waals surface area contributed by atoms with E-state index in [1.807, 2.05) is 6.26 Å². The first kappa shape index (κ1) is 16.1. The Morgan fingerprint density at radius 2 is 2.10 bits per heavy atom. The summed E-state index contributed by atoms with van der Waals surface area (Å²) in [7, 11) is -3.48. The van der Waals surface area contributed by atoms with E-state index in [2.05, 4.69) is 6.07 Å². The smallest absolute Gasteiger partial charge is 0.206 e. The topological polar surface area (TPSA) is 61.2 Å². The lowest BCUT2D eigenvalue weighted by atomic mass is 9.99. The Morgan fingerprint density at radius 3 is 2.50 bits per heavy atom. The minimum atomic E-state index is -3.48. The molecule has 0 radical (unpaired) electrons. The van der Waals surface area contributed by atoms with Gasteiger partial charge in [-0.3, -0.25) is 0 Å². The number of halogens is 1. The number of thioether (sulfide) groups is 1. The van der Waals surface area contributed by atoms with Crippen molar-refractivity contribution in [3.05, 3.63) is 16.0 Å². The van der Waals surface area contributed by atoms with Crippen LogP contribution in [0.15, 0.2) is 10.3 Å². The predicted octanol–water partition coefficient (Wildman–Crippen LogP) is 3.12. The van der Waals surface area contributed by atoms with E-state index in [0.29, 0.717) is 30.3 Å². The van der Waals surface area contributed by atoms with Crippen molar-refractivity contribution < 1.29 is 8.42 Å². The fourth-order valence-electron chi connectivity index (χ4n) is 2.14. The Labute approximate surface area is 132 Å². The van der Waals surface area contributed by atoms with Crippen molar-refractivity contribution in [3.8, 4) is 6.07 Å². The summed E-state index contributed by atoms with van der Waals surface area (Å²) in [5, 5.41) is 9.23. The molecule has 0 aliphatic carbocycles. The predicted molar refractivity (Wildman–Crippen MR) is 83.9 cm³/mol. The zero-order chi connectivity index (χ0) is 15.0. The maximum atomic E-state index is 12.5. The highest BCUT2D eigenvalue weighted by Gasteiger charge is 2.38. The molecule has 0 N–H and O–H groups in total. The number of aryl methyl sites for hydroxylation is 1. The van der Waals surface area contributed by atoms with Crippen molar-refractivity contribution >= 4 is 44.7 Å². The van der Waals surface area contributed by atoms with Gasteiger partial charge in [0.25, 0.3) is 10.0 Å². The Kier molecular flexibility index (Phi) is 4.72. The van der Waals surface area contributed by atoms with Crippen LogP contribution in [0.3, 0.4) is 0 Å². The number of rotatable bonds is 3. The Balaban J connectivity index is 2.20. The molecule has 1 aromatic rings. The van der Waals surface area contributed by atoms with Gasteiger partial charge in [0.15, 0.2) is 0 Å². The molecule has 0 saturated carbocycles. The Morgan fingerprint density at radius 1 is 1.50 bits per heavy atom. The zero-order valence-electron chi connectivity index (χ0n) is 11.2. The van der Waals surface area contributed by atoms with Crippen LogP contribution in [0.4, 0.5) is 0 Å². The summed E-state index contributed by atoms with van der Waals surface area (Å²) in [5.74, 6) is 0. The molecule has 4 nitrogen and oxygen atoms in total. The molecule has 1 aromatic heterocycles. The highest BCUT2D eigenvalue weighted by atomic mass is 35.5. The van der Waals surface area contributed by atoms with Gasteiger partial charge in [-0.25, -0.2) is 8.42 Å². The molecule has 1 fully saturated rings. The number of thiophene rings is 1. The van der Waals surface area contributed by atoms with Crippen molar-refractivity contribution in [3.63, 3.8) is 0 Å². The van der Waals surface area contributed by atoms with Crippen LogP contribution in [0.25, 0.3) is 0 Å². The maximum Gasteiger partial charge on any atom is 0.252 e. The number of hydrogen-bond donors (Lipinski definition) is 0. The van der Waals surface area contributed by atoms with Crippen LogP contribution in [0.5, 0.6) is 0 Å². The first-order valence-electron chi connectivity index (χ1n) is 6.07. The van der Waals surface area contributed by atoms with Gasteiger partial charge in [-0.15, -0.1) is 23.1 Å². The fraction of sp³-hybridized carbons (Fsp3) is 0.583. The van der Waals surface area contributed by atoms with Gasteiger partial charge in [-0.1, -0.05) is 11.6 Å². The summed E-state index contributed by atoms with van der Waals surface area (Å²) in [6, 6.07) is 3.93.